The average Bonchev–Trinajstić information content (AvgIpc) is 2.49. The molecule has 0 radical (unpaired) electrons. The maximum Gasteiger partial charge on any atom is 0.0615 e. The van der Waals surface area contributed by atoms with Gasteiger partial charge in [0.05, 0.1) is 12.3 Å². The minimum Gasteiger partial charge on any atom is -0.302 e. The van der Waals surface area contributed by atoms with E-state index in [0.29, 0.717) is 18.4 Å². The third kappa shape index (κ3) is 2.95. The Kier molecular flexibility index (Phi) is 4.79. The zero-order chi connectivity index (χ0) is 13.9. The van der Waals surface area contributed by atoms with Crippen molar-refractivity contribution in [3.63, 3.8) is 0 Å². The first kappa shape index (κ1) is 14.6. The van der Waals surface area contributed by atoms with E-state index < -0.39 is 0 Å². The molecule has 20 heavy (non-hydrogen) atoms. The van der Waals surface area contributed by atoms with Gasteiger partial charge >= 0.3 is 0 Å². The number of hydrogen-bond donors (Lipinski definition) is 3. The van der Waals surface area contributed by atoms with Crippen molar-refractivity contribution in [2.45, 2.75) is 70.2 Å². The highest BCUT2D eigenvalue weighted by atomic mass is 15.3. The highest BCUT2D eigenvalue weighted by molar-refractivity contribution is 4.98. The molecule has 3 aliphatic heterocycles. The molecule has 3 fully saturated rings. The van der Waals surface area contributed by atoms with Gasteiger partial charge in [-0.2, -0.15) is 0 Å². The number of nitrogens with one attached hydrogen (secondary N) is 3. The Morgan fingerprint density at radius 3 is 2.85 bits per heavy atom. The Balaban J connectivity index is 1.64. The third-order valence-corrected chi connectivity index (χ3v) is 5.77. The summed E-state index contributed by atoms with van der Waals surface area (Å²) in [5, 5.41) is 11.4. The molecule has 3 heteroatoms. The van der Waals surface area contributed by atoms with E-state index in [1.807, 2.05) is 0 Å². The van der Waals surface area contributed by atoms with Gasteiger partial charge in [0, 0.05) is 6.04 Å². The topological polar surface area (TPSA) is 36.1 Å². The lowest BCUT2D eigenvalue weighted by atomic mass is 9.72. The van der Waals surface area contributed by atoms with Crippen molar-refractivity contribution in [3.8, 4) is 0 Å². The van der Waals surface area contributed by atoms with Crippen LogP contribution in [-0.2, 0) is 0 Å². The Hall–Kier alpha value is -0.380. The minimum atomic E-state index is 0.534. The quantitative estimate of drug-likeness (QED) is 0.691. The lowest BCUT2D eigenvalue weighted by molar-refractivity contribution is 0.0338. The van der Waals surface area contributed by atoms with E-state index in [-0.39, 0.29) is 0 Å². The zero-order valence-electron chi connectivity index (χ0n) is 12.9. The Labute approximate surface area is 124 Å². The molecule has 0 bridgehead atoms. The van der Waals surface area contributed by atoms with Gasteiger partial charge in [-0.25, -0.2) is 0 Å². The smallest absolute Gasteiger partial charge is 0.0615 e. The van der Waals surface area contributed by atoms with E-state index in [1.165, 1.54) is 51.5 Å². The SMILES string of the molecule is C=CCCC1CC2CC3CCCNC3NC2NC1CC. The van der Waals surface area contributed by atoms with Gasteiger partial charge in [0.15, 0.2) is 0 Å². The maximum atomic E-state index is 3.91. The first-order chi connectivity index (χ1) is 9.81. The molecular formula is C17H31N3. The maximum absolute atomic E-state index is 3.91. The molecule has 6 unspecified atom stereocenters. The molecule has 6 atom stereocenters. The van der Waals surface area contributed by atoms with Crippen molar-refractivity contribution in [3.05, 3.63) is 12.7 Å². The monoisotopic (exact) mass is 277 g/mol. The largest absolute Gasteiger partial charge is 0.302 e. The molecular weight excluding hydrogens is 246 g/mol. The molecule has 3 aliphatic rings. The molecule has 114 valence electrons. The summed E-state index contributed by atoms with van der Waals surface area (Å²) in [5.74, 6) is 2.52. The van der Waals surface area contributed by atoms with Gasteiger partial charge in [0.2, 0.25) is 0 Å². The van der Waals surface area contributed by atoms with E-state index in [1.54, 1.807) is 0 Å². The molecule has 3 nitrogen and oxygen atoms in total. The van der Waals surface area contributed by atoms with Gasteiger partial charge in [-0.05, 0) is 69.2 Å². The van der Waals surface area contributed by atoms with Crippen LogP contribution >= 0.6 is 0 Å². The molecule has 0 spiro atoms. The van der Waals surface area contributed by atoms with Crippen LogP contribution in [0.5, 0.6) is 0 Å². The summed E-state index contributed by atoms with van der Waals surface area (Å²) in [6, 6.07) is 0.684. The molecule has 0 amide bonds. The van der Waals surface area contributed by atoms with Gasteiger partial charge in [-0.1, -0.05) is 13.0 Å². The van der Waals surface area contributed by atoms with Crippen LogP contribution in [0.1, 0.15) is 51.9 Å². The van der Waals surface area contributed by atoms with Gasteiger partial charge in [-0.3, -0.25) is 10.6 Å². The van der Waals surface area contributed by atoms with E-state index in [2.05, 4.69) is 35.5 Å². The van der Waals surface area contributed by atoms with Crippen LogP contribution in [0.15, 0.2) is 12.7 Å². The van der Waals surface area contributed by atoms with Gasteiger partial charge in [0.25, 0.3) is 0 Å². The summed E-state index contributed by atoms with van der Waals surface area (Å²) in [6.07, 6.45) is 12.5. The fourth-order valence-corrected chi connectivity index (χ4v) is 4.70. The van der Waals surface area contributed by atoms with Gasteiger partial charge in [-0.15, -0.1) is 6.58 Å². The molecule has 0 aromatic carbocycles. The van der Waals surface area contributed by atoms with Crippen molar-refractivity contribution in [2.24, 2.45) is 17.8 Å². The first-order valence-electron chi connectivity index (χ1n) is 8.68. The highest BCUT2D eigenvalue weighted by Gasteiger charge is 2.42. The number of piperidine rings is 3. The summed E-state index contributed by atoms with van der Waals surface area (Å²) in [4.78, 5) is 0. The lowest BCUT2D eigenvalue weighted by Gasteiger charge is -2.51. The standard InChI is InChI=1S/C17H31N3/c1-3-5-7-12-10-14-11-13-8-6-9-18-16(13)20-17(14)19-15(12)4-2/h3,12-20H,1,4-11H2,2H3. The zero-order valence-corrected chi connectivity index (χ0v) is 12.9. The van der Waals surface area contributed by atoms with Crippen LogP contribution in [0.4, 0.5) is 0 Å². The fraction of sp³-hybridized carbons (Fsp3) is 0.882. The van der Waals surface area contributed by atoms with Crippen LogP contribution in [0.3, 0.4) is 0 Å². The lowest BCUT2D eigenvalue weighted by Crippen LogP contribution is -2.68. The minimum absolute atomic E-state index is 0.534. The van der Waals surface area contributed by atoms with Crippen molar-refractivity contribution in [1.82, 2.24) is 16.0 Å². The predicted molar refractivity (Wildman–Crippen MR) is 84.3 cm³/mol. The fourth-order valence-electron chi connectivity index (χ4n) is 4.70. The summed E-state index contributed by atoms with van der Waals surface area (Å²) >= 11 is 0. The Bertz CT molecular complexity index is 330. The number of allylic oxidation sites excluding steroid dienone is 1. The molecule has 3 saturated heterocycles. The van der Waals surface area contributed by atoms with Gasteiger partial charge in [0.1, 0.15) is 0 Å². The third-order valence-electron chi connectivity index (χ3n) is 5.77. The summed E-state index contributed by atoms with van der Waals surface area (Å²) in [6.45, 7) is 7.40. The van der Waals surface area contributed by atoms with Crippen LogP contribution in [0.2, 0.25) is 0 Å². The average molecular weight is 277 g/mol. The molecule has 0 saturated carbocycles. The second-order valence-corrected chi connectivity index (χ2v) is 7.02. The molecule has 3 N–H and O–H groups in total. The molecule has 3 heterocycles. The van der Waals surface area contributed by atoms with Gasteiger partial charge < -0.3 is 5.32 Å². The van der Waals surface area contributed by atoms with Crippen LogP contribution in [-0.4, -0.2) is 24.9 Å². The Morgan fingerprint density at radius 2 is 2.05 bits per heavy atom. The number of hydrogen-bond acceptors (Lipinski definition) is 3. The van der Waals surface area contributed by atoms with Crippen LogP contribution < -0.4 is 16.0 Å². The second-order valence-electron chi connectivity index (χ2n) is 7.02. The predicted octanol–water partition coefficient (Wildman–Crippen LogP) is 2.60. The molecule has 0 aromatic heterocycles. The summed E-state index contributed by atoms with van der Waals surface area (Å²) in [7, 11) is 0. The summed E-state index contributed by atoms with van der Waals surface area (Å²) in [5.41, 5.74) is 0. The van der Waals surface area contributed by atoms with Crippen molar-refractivity contribution >= 4 is 0 Å². The van der Waals surface area contributed by atoms with Crippen LogP contribution in [0.25, 0.3) is 0 Å². The first-order valence-corrected chi connectivity index (χ1v) is 8.68. The highest BCUT2D eigenvalue weighted by Crippen LogP contribution is 2.38. The second kappa shape index (κ2) is 6.59. The van der Waals surface area contributed by atoms with Crippen molar-refractivity contribution < 1.29 is 0 Å². The Morgan fingerprint density at radius 1 is 1.15 bits per heavy atom. The van der Waals surface area contributed by atoms with E-state index >= 15 is 0 Å². The molecule has 3 rings (SSSR count). The summed E-state index contributed by atoms with van der Waals surface area (Å²) < 4.78 is 0. The number of rotatable bonds is 4. The number of fused-ring (bicyclic) bond motifs is 2. The van der Waals surface area contributed by atoms with E-state index in [9.17, 15) is 0 Å². The van der Waals surface area contributed by atoms with E-state index in [4.69, 9.17) is 0 Å². The molecule has 0 aromatic rings. The van der Waals surface area contributed by atoms with Crippen molar-refractivity contribution in [2.75, 3.05) is 6.54 Å². The van der Waals surface area contributed by atoms with Crippen molar-refractivity contribution in [1.29, 1.82) is 0 Å². The van der Waals surface area contributed by atoms with E-state index in [0.717, 1.165) is 17.8 Å². The molecule has 0 aliphatic carbocycles. The van der Waals surface area contributed by atoms with Crippen LogP contribution in [0, 0.1) is 17.8 Å². The normalized spacial score (nSPS) is 44.5.